The summed E-state index contributed by atoms with van der Waals surface area (Å²) in [4.78, 5) is 16.9. The molecule has 4 rings (SSSR count). The van der Waals surface area contributed by atoms with Gasteiger partial charge >= 0.3 is 0 Å². The largest absolute Gasteiger partial charge is 0.324 e. The van der Waals surface area contributed by atoms with Crippen LogP contribution < -0.4 is 5.32 Å². The molecule has 0 bridgehead atoms. The van der Waals surface area contributed by atoms with Crippen LogP contribution in [0, 0.1) is 0 Å². The lowest BCUT2D eigenvalue weighted by atomic mass is 10.0. The molecule has 0 aliphatic heterocycles. The van der Waals surface area contributed by atoms with E-state index in [-0.39, 0.29) is 12.3 Å². The van der Waals surface area contributed by atoms with Crippen LogP contribution in [0.4, 0.5) is 5.69 Å². The first-order valence-corrected chi connectivity index (χ1v) is 8.95. The van der Waals surface area contributed by atoms with Crippen LogP contribution in [0.2, 0.25) is 0 Å². The maximum atomic E-state index is 12.4. The van der Waals surface area contributed by atoms with Gasteiger partial charge in [-0.1, -0.05) is 54.6 Å². The fraction of sp³-hybridized carbons (Fsp3) is 0.0435. The molecule has 0 saturated heterocycles. The van der Waals surface area contributed by atoms with E-state index in [1.807, 2.05) is 72.8 Å². The molecule has 2 aromatic carbocycles. The molecule has 0 spiro atoms. The minimum absolute atomic E-state index is 0.0840. The molecule has 0 aliphatic carbocycles. The van der Waals surface area contributed by atoms with E-state index < -0.39 is 0 Å². The van der Waals surface area contributed by atoms with Crippen LogP contribution in [0.25, 0.3) is 22.4 Å². The van der Waals surface area contributed by atoms with E-state index >= 15 is 0 Å². The van der Waals surface area contributed by atoms with Gasteiger partial charge in [0.1, 0.15) is 0 Å². The maximum Gasteiger partial charge on any atom is 0.228 e. The van der Waals surface area contributed by atoms with Crippen molar-refractivity contribution in [1.82, 2.24) is 15.2 Å². The molecule has 4 aromatic rings. The second-order valence-electron chi connectivity index (χ2n) is 6.35. The number of carbonyl (C=O) groups is 1. The van der Waals surface area contributed by atoms with E-state index in [1.54, 1.807) is 18.6 Å². The second-order valence-corrected chi connectivity index (χ2v) is 6.35. The number of hydrogen-bond acceptors (Lipinski definition) is 4. The zero-order chi connectivity index (χ0) is 19.2. The minimum Gasteiger partial charge on any atom is -0.324 e. The predicted molar refractivity (Wildman–Crippen MR) is 109 cm³/mol. The lowest BCUT2D eigenvalue weighted by Crippen LogP contribution is -2.14. The van der Waals surface area contributed by atoms with Crippen molar-refractivity contribution >= 4 is 11.6 Å². The molecular weight excluding hydrogens is 348 g/mol. The van der Waals surface area contributed by atoms with Gasteiger partial charge in [-0.3, -0.25) is 9.78 Å². The molecule has 0 aliphatic rings. The highest BCUT2D eigenvalue weighted by atomic mass is 16.1. The number of carbonyl (C=O) groups excluding carboxylic acids is 1. The average molecular weight is 366 g/mol. The Bertz CT molecular complexity index is 1060. The van der Waals surface area contributed by atoms with E-state index in [2.05, 4.69) is 20.5 Å². The summed E-state index contributed by atoms with van der Waals surface area (Å²) in [6, 6.07) is 23.5. The highest BCUT2D eigenvalue weighted by Gasteiger charge is 2.07. The number of nitrogens with zero attached hydrogens (tertiary/aromatic N) is 3. The molecule has 28 heavy (non-hydrogen) atoms. The van der Waals surface area contributed by atoms with E-state index in [0.29, 0.717) is 5.69 Å². The third-order valence-corrected chi connectivity index (χ3v) is 4.33. The average Bonchev–Trinajstić information content (AvgIpc) is 2.76. The topological polar surface area (TPSA) is 67.8 Å². The molecule has 0 fully saturated rings. The zero-order valence-corrected chi connectivity index (χ0v) is 15.1. The maximum absolute atomic E-state index is 12.4. The Balaban J connectivity index is 1.42. The van der Waals surface area contributed by atoms with Crippen LogP contribution in [0.15, 0.2) is 91.4 Å². The summed E-state index contributed by atoms with van der Waals surface area (Å²) in [6.07, 6.45) is 5.33. The van der Waals surface area contributed by atoms with Crippen molar-refractivity contribution in [1.29, 1.82) is 0 Å². The number of anilines is 1. The Morgan fingerprint density at radius 2 is 1.64 bits per heavy atom. The van der Waals surface area contributed by atoms with Crippen LogP contribution in [0.5, 0.6) is 0 Å². The number of hydrogen-bond donors (Lipinski definition) is 1. The number of aromatic nitrogens is 3. The number of rotatable bonds is 5. The third-order valence-electron chi connectivity index (χ3n) is 4.33. The monoisotopic (exact) mass is 366 g/mol. The quantitative estimate of drug-likeness (QED) is 0.569. The van der Waals surface area contributed by atoms with Crippen LogP contribution in [-0.4, -0.2) is 21.1 Å². The van der Waals surface area contributed by atoms with Crippen LogP contribution in [0.3, 0.4) is 0 Å². The van der Waals surface area contributed by atoms with Gasteiger partial charge in [-0.15, -0.1) is 0 Å². The first-order valence-electron chi connectivity index (χ1n) is 8.95. The van der Waals surface area contributed by atoms with E-state index in [0.717, 1.165) is 27.9 Å². The molecule has 1 N–H and O–H groups in total. The first kappa shape index (κ1) is 17.5. The number of benzene rings is 2. The van der Waals surface area contributed by atoms with Crippen molar-refractivity contribution in [2.24, 2.45) is 0 Å². The van der Waals surface area contributed by atoms with E-state index in [4.69, 9.17) is 0 Å². The van der Waals surface area contributed by atoms with Gasteiger partial charge in [0, 0.05) is 11.1 Å². The SMILES string of the molecule is O=C(Cc1cccc(-c2ccnnc2)c1)Nc1ccc(-c2ccccc2)nc1. The Labute approximate surface area is 163 Å². The third kappa shape index (κ3) is 4.27. The highest BCUT2D eigenvalue weighted by Crippen LogP contribution is 2.20. The van der Waals surface area contributed by atoms with Gasteiger partial charge in [0.2, 0.25) is 5.91 Å². The second kappa shape index (κ2) is 8.22. The van der Waals surface area contributed by atoms with Gasteiger partial charge in [0.15, 0.2) is 0 Å². The summed E-state index contributed by atoms with van der Waals surface area (Å²) in [5.41, 5.74) is 5.51. The smallest absolute Gasteiger partial charge is 0.228 e. The first-order chi connectivity index (χ1) is 13.8. The number of pyridine rings is 1. The van der Waals surface area contributed by atoms with Crippen molar-refractivity contribution < 1.29 is 4.79 Å². The summed E-state index contributed by atoms with van der Waals surface area (Å²) in [6.45, 7) is 0. The molecule has 2 aromatic heterocycles. The number of amides is 1. The normalized spacial score (nSPS) is 10.4. The van der Waals surface area contributed by atoms with Gasteiger partial charge in [0.25, 0.3) is 0 Å². The zero-order valence-electron chi connectivity index (χ0n) is 15.1. The molecule has 5 heteroatoms. The lowest BCUT2D eigenvalue weighted by Gasteiger charge is -2.08. The molecule has 0 radical (unpaired) electrons. The van der Waals surface area contributed by atoms with Crippen molar-refractivity contribution in [2.45, 2.75) is 6.42 Å². The molecule has 0 unspecified atom stereocenters. The van der Waals surface area contributed by atoms with Crippen molar-refractivity contribution in [3.8, 4) is 22.4 Å². The van der Waals surface area contributed by atoms with Crippen LogP contribution in [0.1, 0.15) is 5.56 Å². The van der Waals surface area contributed by atoms with Crippen molar-refractivity contribution in [3.63, 3.8) is 0 Å². The van der Waals surface area contributed by atoms with E-state index in [9.17, 15) is 4.79 Å². The molecule has 1 amide bonds. The Morgan fingerprint density at radius 3 is 2.39 bits per heavy atom. The van der Waals surface area contributed by atoms with Crippen LogP contribution >= 0.6 is 0 Å². The fourth-order valence-corrected chi connectivity index (χ4v) is 2.96. The summed E-state index contributed by atoms with van der Waals surface area (Å²) in [5.74, 6) is -0.0840. The minimum atomic E-state index is -0.0840. The van der Waals surface area contributed by atoms with Gasteiger partial charge < -0.3 is 5.32 Å². The van der Waals surface area contributed by atoms with Crippen LogP contribution in [-0.2, 0) is 11.2 Å². The standard InChI is InChI=1S/C23H18N4O/c28-23(14-17-5-4-8-19(13-17)20-11-12-25-26-15-20)27-21-9-10-22(24-16-21)18-6-2-1-3-7-18/h1-13,15-16H,14H2,(H,27,28). The van der Waals surface area contributed by atoms with Gasteiger partial charge in [0.05, 0.1) is 36.4 Å². The molecule has 136 valence electrons. The lowest BCUT2D eigenvalue weighted by molar-refractivity contribution is -0.115. The predicted octanol–water partition coefficient (Wildman–Crippen LogP) is 4.39. The Hall–Kier alpha value is -3.86. The summed E-state index contributed by atoms with van der Waals surface area (Å²) >= 11 is 0. The van der Waals surface area contributed by atoms with Crippen molar-refractivity contribution in [3.05, 3.63) is 97.0 Å². The highest BCUT2D eigenvalue weighted by molar-refractivity contribution is 5.92. The molecular formula is C23H18N4O. The molecule has 5 nitrogen and oxygen atoms in total. The summed E-state index contributed by atoms with van der Waals surface area (Å²) in [7, 11) is 0. The Kier molecular flexibility index (Phi) is 5.15. The fourth-order valence-electron chi connectivity index (χ4n) is 2.96. The van der Waals surface area contributed by atoms with Gasteiger partial charge in [-0.2, -0.15) is 10.2 Å². The molecule has 0 atom stereocenters. The molecule has 2 heterocycles. The van der Waals surface area contributed by atoms with Crippen molar-refractivity contribution in [2.75, 3.05) is 5.32 Å². The summed E-state index contributed by atoms with van der Waals surface area (Å²) < 4.78 is 0. The molecule has 0 saturated carbocycles. The van der Waals surface area contributed by atoms with Gasteiger partial charge in [-0.25, -0.2) is 0 Å². The summed E-state index contributed by atoms with van der Waals surface area (Å²) in [5, 5.41) is 10.6. The van der Waals surface area contributed by atoms with Gasteiger partial charge in [-0.05, 0) is 29.3 Å². The van der Waals surface area contributed by atoms with E-state index in [1.165, 1.54) is 0 Å². The number of nitrogens with one attached hydrogen (secondary N) is 1. The Morgan fingerprint density at radius 1 is 0.786 bits per heavy atom.